The summed E-state index contributed by atoms with van der Waals surface area (Å²) in [5.74, 6) is 0.377. The highest BCUT2D eigenvalue weighted by atomic mass is 16.2. The van der Waals surface area contributed by atoms with Gasteiger partial charge in [-0.15, -0.1) is 0 Å². The normalized spacial score (nSPS) is 20.8. The standard InChI is InChI=1S/C18H27N5O2/c1-22(11-14-10-16(24)21-18(19)20-14)15-7-8-23(12-15)17(25)9-13-5-3-2-4-6-13/h5,10,15H,2-4,6-9,11-12H2,1H3,(H3,19,20,21,24). The van der Waals surface area contributed by atoms with Crippen LogP contribution in [-0.2, 0) is 11.3 Å². The van der Waals surface area contributed by atoms with Crippen LogP contribution in [0.1, 0.15) is 44.2 Å². The molecule has 1 unspecified atom stereocenters. The summed E-state index contributed by atoms with van der Waals surface area (Å²) in [5, 5.41) is 0. The Morgan fingerprint density at radius 1 is 1.48 bits per heavy atom. The first-order valence-corrected chi connectivity index (χ1v) is 9.03. The number of nitrogens with one attached hydrogen (secondary N) is 1. The van der Waals surface area contributed by atoms with Crippen molar-refractivity contribution in [3.8, 4) is 0 Å². The molecule has 2 aliphatic rings. The second-order valence-electron chi connectivity index (χ2n) is 7.10. The first-order chi connectivity index (χ1) is 12.0. The maximum Gasteiger partial charge on any atom is 0.252 e. The molecule has 7 heteroatoms. The van der Waals surface area contributed by atoms with E-state index in [2.05, 4.69) is 20.9 Å². The Morgan fingerprint density at radius 3 is 3.04 bits per heavy atom. The van der Waals surface area contributed by atoms with E-state index in [1.807, 2.05) is 11.9 Å². The molecule has 1 fully saturated rings. The molecule has 1 saturated heterocycles. The molecule has 1 aromatic heterocycles. The molecule has 25 heavy (non-hydrogen) atoms. The summed E-state index contributed by atoms with van der Waals surface area (Å²) in [6, 6.07) is 1.76. The number of carbonyl (C=O) groups excluding carboxylic acids is 1. The molecular weight excluding hydrogens is 318 g/mol. The number of amides is 1. The molecule has 1 amide bonds. The molecular formula is C18H27N5O2. The minimum Gasteiger partial charge on any atom is -0.369 e. The zero-order valence-electron chi connectivity index (χ0n) is 14.8. The van der Waals surface area contributed by atoms with E-state index in [0.717, 1.165) is 32.4 Å². The number of likely N-dealkylation sites (tertiary alicyclic amines) is 1. The molecule has 1 aromatic rings. The molecule has 0 radical (unpaired) electrons. The van der Waals surface area contributed by atoms with Gasteiger partial charge in [0, 0.05) is 38.2 Å². The fourth-order valence-corrected chi connectivity index (χ4v) is 3.69. The van der Waals surface area contributed by atoms with Gasteiger partial charge in [0.2, 0.25) is 11.9 Å². The number of carbonyl (C=O) groups is 1. The predicted molar refractivity (Wildman–Crippen MR) is 96.9 cm³/mol. The third-order valence-corrected chi connectivity index (χ3v) is 5.13. The molecule has 1 atom stereocenters. The largest absolute Gasteiger partial charge is 0.369 e. The summed E-state index contributed by atoms with van der Waals surface area (Å²) >= 11 is 0. The predicted octanol–water partition coefficient (Wildman–Crippen LogP) is 1.28. The molecule has 2 heterocycles. The lowest BCUT2D eigenvalue weighted by molar-refractivity contribution is -0.129. The second kappa shape index (κ2) is 7.82. The maximum atomic E-state index is 12.5. The Bertz CT molecular complexity index is 712. The highest BCUT2D eigenvalue weighted by Crippen LogP contribution is 2.23. The monoisotopic (exact) mass is 345 g/mol. The summed E-state index contributed by atoms with van der Waals surface area (Å²) in [5.41, 5.74) is 7.32. The van der Waals surface area contributed by atoms with Crippen molar-refractivity contribution in [1.29, 1.82) is 0 Å². The van der Waals surface area contributed by atoms with E-state index in [1.54, 1.807) is 0 Å². The van der Waals surface area contributed by atoms with Crippen molar-refractivity contribution in [2.45, 2.75) is 51.1 Å². The van der Waals surface area contributed by atoms with Gasteiger partial charge in [0.25, 0.3) is 5.56 Å². The molecule has 0 spiro atoms. The minimum atomic E-state index is -0.236. The van der Waals surface area contributed by atoms with Crippen molar-refractivity contribution in [3.63, 3.8) is 0 Å². The average Bonchev–Trinajstić information content (AvgIpc) is 3.05. The smallest absolute Gasteiger partial charge is 0.252 e. The van der Waals surface area contributed by atoms with E-state index in [1.165, 1.54) is 24.5 Å². The fourth-order valence-electron chi connectivity index (χ4n) is 3.69. The third-order valence-electron chi connectivity index (χ3n) is 5.13. The number of hydrogen-bond donors (Lipinski definition) is 2. The Kier molecular flexibility index (Phi) is 5.53. The first-order valence-electron chi connectivity index (χ1n) is 9.03. The SMILES string of the molecule is CN(Cc1cc(=O)[nH]c(N)n1)C1CCN(C(=O)CC2=CCCCC2)C1. The molecule has 1 aliphatic carbocycles. The van der Waals surface area contributed by atoms with Crippen LogP contribution in [0.4, 0.5) is 5.95 Å². The topological polar surface area (TPSA) is 95.3 Å². The Hall–Kier alpha value is -2.15. The summed E-state index contributed by atoms with van der Waals surface area (Å²) in [4.78, 5) is 34.7. The zero-order chi connectivity index (χ0) is 17.8. The van der Waals surface area contributed by atoms with Crippen LogP contribution in [0.25, 0.3) is 0 Å². The van der Waals surface area contributed by atoms with E-state index in [0.29, 0.717) is 18.7 Å². The van der Waals surface area contributed by atoms with Crippen LogP contribution < -0.4 is 11.3 Å². The molecule has 3 rings (SSSR count). The fraction of sp³-hybridized carbons (Fsp3) is 0.611. The lowest BCUT2D eigenvalue weighted by atomic mass is 9.97. The summed E-state index contributed by atoms with van der Waals surface area (Å²) in [7, 11) is 2.00. The summed E-state index contributed by atoms with van der Waals surface area (Å²) in [6.45, 7) is 2.08. The van der Waals surface area contributed by atoms with Crippen molar-refractivity contribution < 1.29 is 4.79 Å². The van der Waals surface area contributed by atoms with E-state index in [-0.39, 0.29) is 23.5 Å². The number of rotatable bonds is 5. The van der Waals surface area contributed by atoms with E-state index < -0.39 is 0 Å². The molecule has 0 saturated carbocycles. The summed E-state index contributed by atoms with van der Waals surface area (Å²) < 4.78 is 0. The van der Waals surface area contributed by atoms with Crippen LogP contribution in [0.15, 0.2) is 22.5 Å². The molecule has 0 aromatic carbocycles. The van der Waals surface area contributed by atoms with Gasteiger partial charge in [0.1, 0.15) is 0 Å². The Labute approximate surface area is 147 Å². The van der Waals surface area contributed by atoms with Crippen LogP contribution in [0.3, 0.4) is 0 Å². The van der Waals surface area contributed by atoms with Crippen molar-refractivity contribution in [1.82, 2.24) is 19.8 Å². The quantitative estimate of drug-likeness (QED) is 0.784. The number of allylic oxidation sites excluding steroid dienone is 1. The van der Waals surface area contributed by atoms with Crippen LogP contribution in [0.2, 0.25) is 0 Å². The molecule has 0 bridgehead atoms. The highest BCUT2D eigenvalue weighted by molar-refractivity contribution is 5.79. The first kappa shape index (κ1) is 17.7. The van der Waals surface area contributed by atoms with Gasteiger partial charge in [-0.1, -0.05) is 11.6 Å². The van der Waals surface area contributed by atoms with Crippen molar-refractivity contribution in [2.75, 3.05) is 25.9 Å². The zero-order valence-corrected chi connectivity index (χ0v) is 14.8. The van der Waals surface area contributed by atoms with Crippen molar-refractivity contribution in [2.24, 2.45) is 0 Å². The van der Waals surface area contributed by atoms with Crippen LogP contribution >= 0.6 is 0 Å². The number of aromatic amines is 1. The van der Waals surface area contributed by atoms with Gasteiger partial charge in [0.05, 0.1) is 5.69 Å². The molecule has 3 N–H and O–H groups in total. The van der Waals surface area contributed by atoms with Crippen LogP contribution in [0.5, 0.6) is 0 Å². The van der Waals surface area contributed by atoms with E-state index >= 15 is 0 Å². The maximum absolute atomic E-state index is 12.5. The van der Waals surface area contributed by atoms with Crippen LogP contribution in [-0.4, -0.2) is 51.9 Å². The highest BCUT2D eigenvalue weighted by Gasteiger charge is 2.29. The van der Waals surface area contributed by atoms with Gasteiger partial charge in [-0.05, 0) is 39.2 Å². The lowest BCUT2D eigenvalue weighted by Crippen LogP contribution is -2.36. The van der Waals surface area contributed by atoms with Gasteiger partial charge in [-0.3, -0.25) is 19.5 Å². The average molecular weight is 345 g/mol. The minimum absolute atomic E-state index is 0.139. The lowest BCUT2D eigenvalue weighted by Gasteiger charge is -2.24. The number of likely N-dealkylation sites (N-methyl/N-ethyl adjacent to an activating group) is 1. The number of nitrogen functional groups attached to an aromatic ring is 1. The Balaban J connectivity index is 1.53. The number of H-pyrrole nitrogens is 1. The van der Waals surface area contributed by atoms with Gasteiger partial charge >= 0.3 is 0 Å². The van der Waals surface area contributed by atoms with E-state index in [4.69, 9.17) is 5.73 Å². The molecule has 136 valence electrons. The molecule has 1 aliphatic heterocycles. The van der Waals surface area contributed by atoms with Gasteiger partial charge in [0.15, 0.2) is 0 Å². The number of nitrogens with zero attached hydrogens (tertiary/aromatic N) is 3. The van der Waals surface area contributed by atoms with Gasteiger partial charge < -0.3 is 10.6 Å². The van der Waals surface area contributed by atoms with Crippen molar-refractivity contribution >= 4 is 11.9 Å². The number of anilines is 1. The van der Waals surface area contributed by atoms with E-state index in [9.17, 15) is 9.59 Å². The Morgan fingerprint density at radius 2 is 2.32 bits per heavy atom. The molecule has 7 nitrogen and oxygen atoms in total. The number of aromatic nitrogens is 2. The van der Waals surface area contributed by atoms with Gasteiger partial charge in [-0.2, -0.15) is 0 Å². The van der Waals surface area contributed by atoms with Gasteiger partial charge in [-0.25, -0.2) is 4.98 Å². The van der Waals surface area contributed by atoms with Crippen molar-refractivity contribution in [3.05, 3.63) is 33.8 Å². The number of hydrogen-bond acceptors (Lipinski definition) is 5. The number of nitrogens with two attached hydrogens (primary N) is 1. The second-order valence-corrected chi connectivity index (χ2v) is 7.10. The third kappa shape index (κ3) is 4.69. The summed E-state index contributed by atoms with van der Waals surface area (Å²) in [6.07, 6.45) is 8.39. The van der Waals surface area contributed by atoms with Crippen LogP contribution in [0, 0.1) is 0 Å².